The Hall–Kier alpha value is -2.75. The highest BCUT2D eigenvalue weighted by Gasteiger charge is 2.21. The van der Waals surface area contributed by atoms with Crippen LogP contribution in [0.15, 0.2) is 16.9 Å². The van der Waals surface area contributed by atoms with E-state index in [0.29, 0.717) is 16.6 Å². The highest BCUT2D eigenvalue weighted by molar-refractivity contribution is 7.92. The number of nitrogens with zero attached hydrogens (tertiary/aromatic N) is 6. The molecule has 1 aromatic carbocycles. The first-order chi connectivity index (χ1) is 17.4. The molecule has 0 spiro atoms. The molecule has 38 heavy (non-hydrogen) atoms. The second-order valence-corrected chi connectivity index (χ2v) is 11.6. The highest BCUT2D eigenvalue weighted by atomic mass is 35.5. The second kappa shape index (κ2) is 12.4. The van der Waals surface area contributed by atoms with E-state index in [1.165, 1.54) is 13.0 Å². The van der Waals surface area contributed by atoms with Crippen molar-refractivity contribution in [2.75, 3.05) is 28.2 Å². The molecule has 2 heterocycles. The molecule has 0 bridgehead atoms. The standard InChI is InChI=1S/C11H10Cl2F2N4O3S.C9H16ClN5/c1-5-16-19(11(20)18(5)10(14)15)9-4-8(17-23(2,21)22)6(12)3-7(9)13;1-5-11-7-12-6(10)13-8(14-7)15-9(2,3)4/h3-4,10,17H,1-2H3;5H2,1-4H3,(H2,11,12,13,14,15). The van der Waals surface area contributed by atoms with Crippen LogP contribution in [0.3, 0.4) is 0 Å². The molecule has 0 fully saturated rings. The van der Waals surface area contributed by atoms with Crippen molar-refractivity contribution < 1.29 is 17.2 Å². The first-order valence-corrected chi connectivity index (χ1v) is 13.8. The summed E-state index contributed by atoms with van der Waals surface area (Å²) in [6, 6.07) is 2.31. The van der Waals surface area contributed by atoms with Crippen molar-refractivity contribution in [2.24, 2.45) is 0 Å². The van der Waals surface area contributed by atoms with E-state index >= 15 is 0 Å². The molecule has 0 unspecified atom stereocenters. The van der Waals surface area contributed by atoms with E-state index in [0.717, 1.165) is 18.9 Å². The average molecular weight is 617 g/mol. The molecule has 210 valence electrons. The van der Waals surface area contributed by atoms with E-state index in [1.807, 2.05) is 27.7 Å². The van der Waals surface area contributed by atoms with Crippen LogP contribution < -0.4 is 21.0 Å². The van der Waals surface area contributed by atoms with Gasteiger partial charge < -0.3 is 10.6 Å². The summed E-state index contributed by atoms with van der Waals surface area (Å²) >= 11 is 17.6. The van der Waals surface area contributed by atoms with Crippen molar-refractivity contribution in [3.05, 3.63) is 43.8 Å². The fraction of sp³-hybridized carbons (Fsp3) is 0.450. The monoisotopic (exact) mass is 615 g/mol. The normalized spacial score (nSPS) is 11.7. The van der Waals surface area contributed by atoms with Gasteiger partial charge in [0.05, 0.1) is 27.7 Å². The number of hydrogen-bond acceptors (Lipinski definition) is 9. The van der Waals surface area contributed by atoms with E-state index in [2.05, 4.69) is 35.4 Å². The lowest BCUT2D eigenvalue weighted by atomic mass is 10.1. The van der Waals surface area contributed by atoms with Gasteiger partial charge in [0.1, 0.15) is 5.82 Å². The molecule has 3 rings (SSSR count). The third-order valence-corrected chi connectivity index (χ3v) is 5.54. The first-order valence-electron chi connectivity index (χ1n) is 10.8. The van der Waals surface area contributed by atoms with Crippen LogP contribution in [-0.4, -0.2) is 56.1 Å². The van der Waals surface area contributed by atoms with Gasteiger partial charge in [-0.05, 0) is 58.4 Å². The molecule has 2 aromatic heterocycles. The predicted molar refractivity (Wildman–Crippen MR) is 145 cm³/mol. The summed E-state index contributed by atoms with van der Waals surface area (Å²) in [6.07, 6.45) is 0.902. The van der Waals surface area contributed by atoms with Gasteiger partial charge in [-0.25, -0.2) is 17.8 Å². The molecule has 0 aliphatic carbocycles. The SMILES string of the molecule is CCNc1nc(Cl)nc(NC(C)(C)C)n1.Cc1nn(-c2cc(NS(C)(=O)=O)c(Cl)cc2Cl)c(=O)n1C(F)F. The van der Waals surface area contributed by atoms with Gasteiger partial charge in [0.25, 0.3) is 0 Å². The second-order valence-electron chi connectivity index (χ2n) is 8.70. The number of alkyl halides is 2. The van der Waals surface area contributed by atoms with Gasteiger partial charge >= 0.3 is 12.2 Å². The Morgan fingerprint density at radius 1 is 1.05 bits per heavy atom. The van der Waals surface area contributed by atoms with Crippen molar-refractivity contribution in [3.63, 3.8) is 0 Å². The molecular formula is C20H26Cl3F2N9O3S. The van der Waals surface area contributed by atoms with Crippen LogP contribution in [0.25, 0.3) is 5.69 Å². The Labute approximate surface area is 232 Å². The van der Waals surface area contributed by atoms with Gasteiger partial charge in [-0.1, -0.05) is 23.2 Å². The Morgan fingerprint density at radius 2 is 1.66 bits per heavy atom. The Kier molecular flexibility index (Phi) is 10.3. The summed E-state index contributed by atoms with van der Waals surface area (Å²) in [5.41, 5.74) is -1.37. The number of aryl methyl sites for hydroxylation is 1. The maximum atomic E-state index is 12.8. The number of anilines is 3. The minimum Gasteiger partial charge on any atom is -0.354 e. The summed E-state index contributed by atoms with van der Waals surface area (Å²) < 4.78 is 51.3. The molecule has 0 aliphatic rings. The molecule has 3 aromatic rings. The zero-order valence-electron chi connectivity index (χ0n) is 21.1. The molecule has 0 radical (unpaired) electrons. The number of rotatable bonds is 7. The van der Waals surface area contributed by atoms with E-state index in [-0.39, 0.29) is 42.6 Å². The largest absolute Gasteiger partial charge is 0.355 e. The minimum atomic E-state index is -3.65. The zero-order valence-corrected chi connectivity index (χ0v) is 24.2. The van der Waals surface area contributed by atoms with E-state index in [1.54, 1.807) is 0 Å². The van der Waals surface area contributed by atoms with Crippen LogP contribution in [0.1, 0.15) is 40.1 Å². The van der Waals surface area contributed by atoms with Crippen molar-refractivity contribution in [3.8, 4) is 5.69 Å². The number of nitrogens with one attached hydrogen (secondary N) is 3. The third-order valence-electron chi connectivity index (χ3n) is 4.17. The van der Waals surface area contributed by atoms with Crippen LogP contribution in [0.2, 0.25) is 15.3 Å². The van der Waals surface area contributed by atoms with Gasteiger partial charge in [-0.2, -0.15) is 28.4 Å². The number of sulfonamides is 1. The van der Waals surface area contributed by atoms with Crippen molar-refractivity contribution in [1.29, 1.82) is 0 Å². The minimum absolute atomic E-state index is 0.0257. The number of hydrogen-bond donors (Lipinski definition) is 3. The molecule has 0 aliphatic heterocycles. The molecule has 0 atom stereocenters. The number of halogens is 5. The third kappa shape index (κ3) is 8.92. The summed E-state index contributed by atoms with van der Waals surface area (Å²) in [7, 11) is -3.65. The summed E-state index contributed by atoms with van der Waals surface area (Å²) in [4.78, 5) is 24.1. The van der Waals surface area contributed by atoms with E-state index in [9.17, 15) is 22.0 Å². The fourth-order valence-electron chi connectivity index (χ4n) is 2.81. The summed E-state index contributed by atoms with van der Waals surface area (Å²) in [6.45, 7) is 6.94. The fourth-order valence-corrected chi connectivity index (χ4v) is 4.11. The smallest absolute Gasteiger partial charge is 0.354 e. The van der Waals surface area contributed by atoms with E-state index in [4.69, 9.17) is 34.8 Å². The van der Waals surface area contributed by atoms with Crippen molar-refractivity contribution >= 4 is 62.4 Å². The van der Waals surface area contributed by atoms with Gasteiger partial charge in [0, 0.05) is 12.1 Å². The molecule has 12 nitrogen and oxygen atoms in total. The molecule has 3 N–H and O–H groups in total. The van der Waals surface area contributed by atoms with Crippen molar-refractivity contribution in [2.45, 2.75) is 46.7 Å². The predicted octanol–water partition coefficient (Wildman–Crippen LogP) is 4.58. The van der Waals surface area contributed by atoms with Crippen LogP contribution in [-0.2, 0) is 10.0 Å². The Balaban J connectivity index is 0.000000293. The number of benzene rings is 1. The lowest BCUT2D eigenvalue weighted by Crippen LogP contribution is -2.27. The topological polar surface area (TPSA) is 149 Å². The van der Waals surface area contributed by atoms with Crippen molar-refractivity contribution in [1.82, 2.24) is 29.3 Å². The first kappa shape index (κ1) is 31.5. The lowest BCUT2D eigenvalue weighted by molar-refractivity contribution is 0.0640. The van der Waals surface area contributed by atoms with E-state index < -0.39 is 22.3 Å². The number of aromatic nitrogens is 6. The Morgan fingerprint density at radius 3 is 2.16 bits per heavy atom. The van der Waals surface area contributed by atoms with Crippen LogP contribution in [0.5, 0.6) is 0 Å². The molecule has 0 saturated heterocycles. The summed E-state index contributed by atoms with van der Waals surface area (Å²) in [5.74, 6) is 0.747. The van der Waals surface area contributed by atoms with Gasteiger partial charge in [0.15, 0.2) is 0 Å². The van der Waals surface area contributed by atoms with Gasteiger partial charge in [-0.3, -0.25) is 4.72 Å². The zero-order chi connectivity index (χ0) is 29.0. The molecular weight excluding hydrogens is 591 g/mol. The molecule has 18 heteroatoms. The maximum Gasteiger partial charge on any atom is 0.355 e. The lowest BCUT2D eigenvalue weighted by Gasteiger charge is -2.20. The van der Waals surface area contributed by atoms with Crippen LogP contribution >= 0.6 is 34.8 Å². The quantitative estimate of drug-likeness (QED) is 0.347. The van der Waals surface area contributed by atoms with Gasteiger partial charge in [0.2, 0.25) is 27.2 Å². The van der Waals surface area contributed by atoms with Gasteiger partial charge in [-0.15, -0.1) is 5.10 Å². The summed E-state index contributed by atoms with van der Waals surface area (Å²) in [5, 5.41) is 9.94. The Bertz CT molecular complexity index is 1460. The maximum absolute atomic E-state index is 12.8. The highest BCUT2D eigenvalue weighted by Crippen LogP contribution is 2.31. The average Bonchev–Trinajstić information content (AvgIpc) is 3.02. The van der Waals surface area contributed by atoms with Crippen LogP contribution in [0, 0.1) is 6.92 Å². The van der Waals surface area contributed by atoms with Crippen LogP contribution in [0.4, 0.5) is 26.4 Å². The molecule has 0 saturated carbocycles. The molecule has 0 amide bonds.